The van der Waals surface area contributed by atoms with E-state index in [1.807, 2.05) is 6.92 Å². The van der Waals surface area contributed by atoms with Crippen molar-refractivity contribution in [2.75, 3.05) is 0 Å². The lowest BCUT2D eigenvalue weighted by atomic mass is 9.84. The first-order chi connectivity index (χ1) is 6.08. The van der Waals surface area contributed by atoms with Gasteiger partial charge in [-0.2, -0.15) is 5.26 Å². The molecule has 1 aliphatic carbocycles. The van der Waals surface area contributed by atoms with Crippen molar-refractivity contribution < 1.29 is 0 Å². The number of nitriles is 1. The highest BCUT2D eigenvalue weighted by atomic mass is 14.6. The third-order valence-corrected chi connectivity index (χ3v) is 3.07. The molecule has 2 nitrogen and oxygen atoms in total. The van der Waals surface area contributed by atoms with Gasteiger partial charge in [-0.15, -0.1) is 0 Å². The Morgan fingerprint density at radius 2 is 2.08 bits per heavy atom. The molecule has 1 fully saturated rings. The van der Waals surface area contributed by atoms with E-state index in [9.17, 15) is 0 Å². The average Bonchev–Trinajstić information content (AvgIpc) is 2.86. The van der Waals surface area contributed by atoms with E-state index in [0.29, 0.717) is 17.2 Å². The molecule has 0 atom stereocenters. The smallest absolute Gasteiger partial charge is 0.101 e. The Hall–Kier alpha value is -1.10. The van der Waals surface area contributed by atoms with Gasteiger partial charge in [-0.05, 0) is 25.7 Å². The van der Waals surface area contributed by atoms with Crippen LogP contribution in [0.15, 0.2) is 11.6 Å². The van der Waals surface area contributed by atoms with Crippen molar-refractivity contribution in [2.24, 2.45) is 11.3 Å². The number of rotatable bonds is 3. The minimum atomic E-state index is 0.0254. The van der Waals surface area contributed by atoms with Crippen molar-refractivity contribution in [1.82, 2.24) is 0 Å². The molecule has 1 rings (SSSR count). The highest BCUT2D eigenvalue weighted by molar-refractivity contribution is 6.06. The van der Waals surface area contributed by atoms with E-state index in [4.69, 9.17) is 10.7 Å². The molecule has 0 saturated heterocycles. The van der Waals surface area contributed by atoms with Crippen LogP contribution in [0, 0.1) is 28.1 Å². The molecule has 70 valence electrons. The van der Waals surface area contributed by atoms with E-state index in [1.54, 1.807) is 6.08 Å². The van der Waals surface area contributed by atoms with E-state index in [-0.39, 0.29) is 5.41 Å². The monoisotopic (exact) mass is 176 g/mol. The number of allylic oxidation sites excluding steroid dienone is 2. The van der Waals surface area contributed by atoms with Crippen molar-refractivity contribution in [1.29, 1.82) is 10.7 Å². The maximum Gasteiger partial charge on any atom is 0.101 e. The first kappa shape index (κ1) is 9.98. The van der Waals surface area contributed by atoms with E-state index in [0.717, 1.165) is 12.8 Å². The second-order valence-electron chi connectivity index (χ2n) is 4.00. The molecule has 1 N–H and O–H groups in total. The summed E-state index contributed by atoms with van der Waals surface area (Å²) in [5, 5.41) is 16.8. The second-order valence-corrected chi connectivity index (χ2v) is 4.00. The Labute approximate surface area is 79.8 Å². The zero-order valence-corrected chi connectivity index (χ0v) is 8.52. The minimum Gasteiger partial charge on any atom is -0.303 e. The van der Waals surface area contributed by atoms with Crippen LogP contribution in [0.2, 0.25) is 0 Å². The summed E-state index contributed by atoms with van der Waals surface area (Å²) in [4.78, 5) is 0. The molecule has 1 saturated carbocycles. The number of nitrogens with zero attached hydrogens (tertiary/aromatic N) is 1. The minimum absolute atomic E-state index is 0.0254. The number of hydrogen-bond acceptors (Lipinski definition) is 2. The Kier molecular flexibility index (Phi) is 2.56. The molecule has 0 aromatic heterocycles. The maximum absolute atomic E-state index is 8.81. The molecule has 13 heavy (non-hydrogen) atoms. The summed E-state index contributed by atoms with van der Waals surface area (Å²) in [6.07, 6.45) is 3.88. The molecular formula is C11H16N2. The van der Waals surface area contributed by atoms with Gasteiger partial charge in [0.2, 0.25) is 0 Å². The maximum atomic E-state index is 8.81. The normalized spacial score (nSPS) is 19.8. The summed E-state index contributed by atoms with van der Waals surface area (Å²) in [7, 11) is 0. The van der Waals surface area contributed by atoms with Crippen LogP contribution in [0.25, 0.3) is 0 Å². The van der Waals surface area contributed by atoms with Crippen LogP contribution in [0.5, 0.6) is 0 Å². The number of nitrogens with one attached hydrogen (secondary N) is 1. The SMILES string of the molecule is C/C=C(/C#N)C(=N)C1(C(C)C)CC1. The summed E-state index contributed by atoms with van der Waals surface area (Å²) in [5.74, 6) is 0.475. The fourth-order valence-corrected chi connectivity index (χ4v) is 1.78. The topological polar surface area (TPSA) is 47.6 Å². The van der Waals surface area contributed by atoms with Crippen LogP contribution < -0.4 is 0 Å². The molecule has 0 bridgehead atoms. The van der Waals surface area contributed by atoms with E-state index >= 15 is 0 Å². The average molecular weight is 176 g/mol. The first-order valence-corrected chi connectivity index (χ1v) is 4.74. The van der Waals surface area contributed by atoms with Crippen LogP contribution >= 0.6 is 0 Å². The second kappa shape index (κ2) is 3.33. The fraction of sp³-hybridized carbons (Fsp3) is 0.636. The zero-order chi connectivity index (χ0) is 10.1. The van der Waals surface area contributed by atoms with Gasteiger partial charge in [-0.1, -0.05) is 19.9 Å². The lowest BCUT2D eigenvalue weighted by Gasteiger charge is -2.19. The van der Waals surface area contributed by atoms with Crippen molar-refractivity contribution in [3.05, 3.63) is 11.6 Å². The lowest BCUT2D eigenvalue weighted by Crippen LogP contribution is -2.22. The molecule has 0 radical (unpaired) electrons. The Morgan fingerprint density at radius 3 is 2.31 bits per heavy atom. The Balaban J connectivity index is 2.86. The van der Waals surface area contributed by atoms with Crippen LogP contribution in [0.4, 0.5) is 0 Å². The van der Waals surface area contributed by atoms with Gasteiger partial charge in [0.15, 0.2) is 0 Å². The van der Waals surface area contributed by atoms with Gasteiger partial charge < -0.3 is 5.41 Å². The van der Waals surface area contributed by atoms with Crippen LogP contribution in [0.1, 0.15) is 33.6 Å². The number of hydrogen-bond donors (Lipinski definition) is 1. The lowest BCUT2D eigenvalue weighted by molar-refractivity contribution is 0.477. The van der Waals surface area contributed by atoms with E-state index in [2.05, 4.69) is 19.9 Å². The Morgan fingerprint density at radius 1 is 1.54 bits per heavy atom. The molecule has 0 heterocycles. The summed E-state index contributed by atoms with van der Waals surface area (Å²) in [6, 6.07) is 2.09. The van der Waals surface area contributed by atoms with Crippen LogP contribution in [-0.4, -0.2) is 5.71 Å². The molecule has 0 unspecified atom stereocenters. The van der Waals surface area contributed by atoms with Crippen molar-refractivity contribution >= 4 is 5.71 Å². The molecule has 0 aromatic rings. The van der Waals surface area contributed by atoms with Gasteiger partial charge in [-0.3, -0.25) is 0 Å². The summed E-state index contributed by atoms with van der Waals surface area (Å²) in [5.41, 5.74) is 1.12. The molecule has 1 aliphatic rings. The molecule has 0 amide bonds. The highest BCUT2D eigenvalue weighted by Gasteiger charge is 2.49. The van der Waals surface area contributed by atoms with Gasteiger partial charge >= 0.3 is 0 Å². The first-order valence-electron chi connectivity index (χ1n) is 4.74. The molecule has 0 spiro atoms. The van der Waals surface area contributed by atoms with Gasteiger partial charge in [0.1, 0.15) is 6.07 Å². The quantitative estimate of drug-likeness (QED) is 0.521. The van der Waals surface area contributed by atoms with Gasteiger partial charge in [0.25, 0.3) is 0 Å². The summed E-state index contributed by atoms with van der Waals surface area (Å²) < 4.78 is 0. The van der Waals surface area contributed by atoms with E-state index in [1.165, 1.54) is 0 Å². The third-order valence-electron chi connectivity index (χ3n) is 3.07. The van der Waals surface area contributed by atoms with E-state index < -0.39 is 0 Å². The standard InChI is InChI=1S/C11H16N2/c1-4-9(7-12)10(13)11(5-6-11)8(2)3/h4,8,13H,5-6H2,1-3H3/b9-4-,13-10?. The highest BCUT2D eigenvalue weighted by Crippen LogP contribution is 2.53. The predicted octanol–water partition coefficient (Wildman–Crippen LogP) is 2.91. The third kappa shape index (κ3) is 1.51. The van der Waals surface area contributed by atoms with Crippen molar-refractivity contribution in [3.8, 4) is 6.07 Å². The van der Waals surface area contributed by atoms with Gasteiger partial charge in [0.05, 0.1) is 11.3 Å². The molecule has 0 aliphatic heterocycles. The van der Waals surface area contributed by atoms with Crippen LogP contribution in [-0.2, 0) is 0 Å². The van der Waals surface area contributed by atoms with Gasteiger partial charge in [-0.25, -0.2) is 0 Å². The molecule has 2 heteroatoms. The molecular weight excluding hydrogens is 160 g/mol. The van der Waals surface area contributed by atoms with Gasteiger partial charge in [0, 0.05) is 5.41 Å². The predicted molar refractivity (Wildman–Crippen MR) is 53.6 cm³/mol. The Bertz CT molecular complexity index is 288. The zero-order valence-electron chi connectivity index (χ0n) is 8.52. The van der Waals surface area contributed by atoms with Crippen molar-refractivity contribution in [3.63, 3.8) is 0 Å². The van der Waals surface area contributed by atoms with Crippen LogP contribution in [0.3, 0.4) is 0 Å². The fourth-order valence-electron chi connectivity index (χ4n) is 1.78. The summed E-state index contributed by atoms with van der Waals surface area (Å²) >= 11 is 0. The molecule has 0 aromatic carbocycles. The van der Waals surface area contributed by atoms with Crippen molar-refractivity contribution in [2.45, 2.75) is 33.6 Å². The largest absolute Gasteiger partial charge is 0.303 e. The summed E-state index contributed by atoms with van der Waals surface area (Å²) in [6.45, 7) is 6.09.